The van der Waals surface area contributed by atoms with Crippen molar-refractivity contribution in [2.24, 2.45) is 5.92 Å². The zero-order valence-electron chi connectivity index (χ0n) is 13.4. The Morgan fingerprint density at radius 2 is 1.92 bits per heavy atom. The Balaban J connectivity index is 1.95. The van der Waals surface area contributed by atoms with Crippen LogP contribution in [0.5, 0.6) is 0 Å². The molecule has 3 aromatic rings. The summed E-state index contributed by atoms with van der Waals surface area (Å²) in [5.41, 5.74) is 0.625. The molecule has 0 bridgehead atoms. The van der Waals surface area contributed by atoms with E-state index in [0.717, 1.165) is 10.8 Å². The number of carboxylic acids is 1. The lowest BCUT2D eigenvalue weighted by Crippen LogP contribution is -2.41. The molecule has 0 saturated heterocycles. The van der Waals surface area contributed by atoms with E-state index in [4.69, 9.17) is 4.52 Å². The van der Waals surface area contributed by atoms with Crippen LogP contribution in [0.25, 0.3) is 21.7 Å². The summed E-state index contributed by atoms with van der Waals surface area (Å²) in [6, 6.07) is 10.3. The van der Waals surface area contributed by atoms with Crippen molar-refractivity contribution >= 4 is 33.6 Å². The maximum atomic E-state index is 12.5. The Labute approximate surface area is 138 Å². The van der Waals surface area contributed by atoms with Crippen LogP contribution in [0.15, 0.2) is 40.9 Å². The molecule has 0 unspecified atom stereocenters. The Bertz CT molecular complexity index is 914. The molecule has 24 heavy (non-hydrogen) atoms. The van der Waals surface area contributed by atoms with Crippen LogP contribution in [0.1, 0.15) is 30.8 Å². The van der Waals surface area contributed by atoms with Crippen molar-refractivity contribution in [3.63, 3.8) is 0 Å². The average Bonchev–Trinajstić information content (AvgIpc) is 2.98. The molecule has 124 valence electrons. The molecule has 0 aliphatic carbocycles. The third-order valence-corrected chi connectivity index (χ3v) is 3.89. The number of carboxylic acid groups (broad SMARTS) is 1. The van der Waals surface area contributed by atoms with Crippen LogP contribution in [-0.4, -0.2) is 28.2 Å². The maximum absolute atomic E-state index is 12.5. The summed E-state index contributed by atoms with van der Waals surface area (Å²) in [6.45, 7) is 3.81. The fourth-order valence-electron chi connectivity index (χ4n) is 2.75. The molecule has 0 aliphatic rings. The monoisotopic (exact) mass is 326 g/mol. The maximum Gasteiger partial charge on any atom is 0.326 e. The van der Waals surface area contributed by atoms with E-state index in [-0.39, 0.29) is 11.6 Å². The van der Waals surface area contributed by atoms with Crippen molar-refractivity contribution in [2.75, 3.05) is 0 Å². The number of aromatic nitrogens is 1. The molecule has 1 aromatic heterocycles. The highest BCUT2D eigenvalue weighted by atomic mass is 16.5. The average molecular weight is 326 g/mol. The molecule has 1 amide bonds. The van der Waals surface area contributed by atoms with Gasteiger partial charge in [0.15, 0.2) is 11.3 Å². The molecular weight excluding hydrogens is 308 g/mol. The highest BCUT2D eigenvalue weighted by Crippen LogP contribution is 2.27. The van der Waals surface area contributed by atoms with Gasteiger partial charge in [-0.05, 0) is 23.8 Å². The van der Waals surface area contributed by atoms with Gasteiger partial charge >= 0.3 is 5.97 Å². The summed E-state index contributed by atoms with van der Waals surface area (Å²) in [5.74, 6) is -1.46. The number of aliphatic carboxylic acids is 1. The smallest absolute Gasteiger partial charge is 0.326 e. The second-order valence-electron chi connectivity index (χ2n) is 6.19. The zero-order valence-corrected chi connectivity index (χ0v) is 13.4. The largest absolute Gasteiger partial charge is 0.480 e. The zero-order chi connectivity index (χ0) is 17.3. The molecule has 0 radical (unpaired) electrons. The molecule has 0 fully saturated rings. The summed E-state index contributed by atoms with van der Waals surface area (Å²) in [6.07, 6.45) is 0.347. The van der Waals surface area contributed by atoms with E-state index in [1.807, 2.05) is 44.2 Å². The number of amides is 1. The number of nitrogens with one attached hydrogen (secondary N) is 1. The van der Waals surface area contributed by atoms with Crippen LogP contribution in [-0.2, 0) is 4.79 Å². The van der Waals surface area contributed by atoms with Gasteiger partial charge in [0.1, 0.15) is 6.04 Å². The van der Waals surface area contributed by atoms with Crippen molar-refractivity contribution in [3.8, 4) is 0 Å². The van der Waals surface area contributed by atoms with Crippen molar-refractivity contribution < 1.29 is 19.2 Å². The van der Waals surface area contributed by atoms with Gasteiger partial charge in [-0.3, -0.25) is 4.79 Å². The number of fused-ring (bicyclic) bond motifs is 3. The van der Waals surface area contributed by atoms with Crippen molar-refractivity contribution in [3.05, 3.63) is 42.1 Å². The van der Waals surface area contributed by atoms with E-state index < -0.39 is 17.9 Å². The van der Waals surface area contributed by atoms with Crippen molar-refractivity contribution in [1.82, 2.24) is 10.5 Å². The minimum atomic E-state index is -1.06. The SMILES string of the molecule is CC(C)C[C@H](NC(=O)c1noc2c1ccc1ccccc12)C(=O)O. The lowest BCUT2D eigenvalue weighted by molar-refractivity contribution is -0.139. The number of carbonyl (C=O) groups excluding carboxylic acids is 1. The van der Waals surface area contributed by atoms with E-state index in [1.165, 1.54) is 0 Å². The standard InChI is InChI=1S/C18H18N2O4/c1-10(2)9-14(18(22)23)19-17(21)15-13-8-7-11-5-3-4-6-12(11)16(13)24-20-15/h3-8,10,14H,9H2,1-2H3,(H,19,21)(H,22,23)/t14-/m0/s1. The third kappa shape index (κ3) is 2.95. The molecule has 0 aliphatic heterocycles. The number of nitrogens with zero attached hydrogens (tertiary/aromatic N) is 1. The van der Waals surface area contributed by atoms with E-state index in [1.54, 1.807) is 6.07 Å². The normalized spacial score (nSPS) is 12.6. The topological polar surface area (TPSA) is 92.4 Å². The van der Waals surface area contributed by atoms with Crippen molar-refractivity contribution in [1.29, 1.82) is 0 Å². The molecule has 2 aromatic carbocycles. The first-order valence-electron chi connectivity index (χ1n) is 7.78. The predicted molar refractivity (Wildman–Crippen MR) is 89.9 cm³/mol. The number of hydrogen-bond acceptors (Lipinski definition) is 4. The first kappa shape index (κ1) is 16.0. The van der Waals surface area contributed by atoms with Gasteiger partial charge in [-0.25, -0.2) is 4.79 Å². The van der Waals surface area contributed by atoms with E-state index in [9.17, 15) is 14.7 Å². The van der Waals surface area contributed by atoms with Gasteiger partial charge in [-0.1, -0.05) is 49.3 Å². The lowest BCUT2D eigenvalue weighted by Gasteiger charge is -2.15. The minimum Gasteiger partial charge on any atom is -0.480 e. The molecule has 6 heteroatoms. The van der Waals surface area contributed by atoms with E-state index >= 15 is 0 Å². The minimum absolute atomic E-state index is 0.103. The fraction of sp³-hybridized carbons (Fsp3) is 0.278. The Morgan fingerprint density at radius 3 is 2.62 bits per heavy atom. The first-order chi connectivity index (χ1) is 11.5. The van der Waals surface area contributed by atoms with Crippen molar-refractivity contribution in [2.45, 2.75) is 26.3 Å². The number of benzene rings is 2. The van der Waals surface area contributed by atoms with Crippen LogP contribution in [0.2, 0.25) is 0 Å². The highest BCUT2D eigenvalue weighted by Gasteiger charge is 2.25. The molecule has 1 atom stereocenters. The van der Waals surface area contributed by atoms with E-state index in [2.05, 4.69) is 10.5 Å². The third-order valence-electron chi connectivity index (χ3n) is 3.89. The molecule has 1 heterocycles. The van der Waals surface area contributed by atoms with Gasteiger partial charge in [0.2, 0.25) is 0 Å². The highest BCUT2D eigenvalue weighted by molar-refractivity contribution is 6.12. The van der Waals surface area contributed by atoms with Gasteiger partial charge in [0.25, 0.3) is 5.91 Å². The molecule has 3 rings (SSSR count). The van der Waals surface area contributed by atoms with Crippen LogP contribution >= 0.6 is 0 Å². The lowest BCUT2D eigenvalue weighted by atomic mass is 10.0. The van der Waals surface area contributed by atoms with Crippen LogP contribution < -0.4 is 5.32 Å². The fourth-order valence-corrected chi connectivity index (χ4v) is 2.75. The van der Waals surface area contributed by atoms with Gasteiger partial charge in [-0.15, -0.1) is 0 Å². The van der Waals surface area contributed by atoms with Crippen LogP contribution in [0.3, 0.4) is 0 Å². The molecule has 6 nitrogen and oxygen atoms in total. The number of carbonyl (C=O) groups is 2. The number of hydrogen-bond donors (Lipinski definition) is 2. The Hall–Kier alpha value is -2.89. The number of rotatable bonds is 5. The predicted octanol–water partition coefficient (Wildman–Crippen LogP) is 3.21. The van der Waals surface area contributed by atoms with Gasteiger partial charge in [-0.2, -0.15) is 0 Å². The Morgan fingerprint density at radius 1 is 1.17 bits per heavy atom. The second-order valence-corrected chi connectivity index (χ2v) is 6.19. The summed E-state index contributed by atoms with van der Waals surface area (Å²) >= 11 is 0. The van der Waals surface area contributed by atoms with Crippen LogP contribution in [0, 0.1) is 5.92 Å². The summed E-state index contributed by atoms with van der Waals surface area (Å²) in [4.78, 5) is 23.8. The van der Waals surface area contributed by atoms with Gasteiger partial charge < -0.3 is 14.9 Å². The van der Waals surface area contributed by atoms with Gasteiger partial charge in [0, 0.05) is 5.39 Å². The van der Waals surface area contributed by atoms with Gasteiger partial charge in [0.05, 0.1) is 5.39 Å². The summed E-state index contributed by atoms with van der Waals surface area (Å²) in [5, 5.41) is 18.1. The molecular formula is C18H18N2O4. The molecule has 2 N–H and O–H groups in total. The molecule has 0 spiro atoms. The quantitative estimate of drug-likeness (QED) is 0.751. The second kappa shape index (κ2) is 6.31. The first-order valence-corrected chi connectivity index (χ1v) is 7.78. The Kier molecular flexibility index (Phi) is 4.20. The van der Waals surface area contributed by atoms with E-state index in [0.29, 0.717) is 17.4 Å². The summed E-state index contributed by atoms with van der Waals surface area (Å²) < 4.78 is 5.35. The summed E-state index contributed by atoms with van der Waals surface area (Å²) in [7, 11) is 0. The van der Waals surface area contributed by atoms with Crippen LogP contribution in [0.4, 0.5) is 0 Å². The molecule has 0 saturated carbocycles.